The van der Waals surface area contributed by atoms with E-state index in [1.54, 1.807) is 34.1 Å². The van der Waals surface area contributed by atoms with Crippen molar-refractivity contribution in [3.8, 4) is 0 Å². The molecule has 4 amide bonds. The fourth-order valence-electron chi connectivity index (χ4n) is 5.67. The number of hydrogen-bond donors (Lipinski definition) is 5. The minimum absolute atomic E-state index is 0. The molecule has 16 nitrogen and oxygen atoms in total. The molecular weight excluding hydrogens is 665 g/mol. The zero-order chi connectivity index (χ0) is 33.0. The summed E-state index contributed by atoms with van der Waals surface area (Å²) in [5.41, 5.74) is 10.1. The lowest BCUT2D eigenvalue weighted by Gasteiger charge is -2.18. The van der Waals surface area contributed by atoms with E-state index in [9.17, 15) is 19.2 Å². The largest absolute Gasteiger partial charge is 0.465 e. The summed E-state index contributed by atoms with van der Waals surface area (Å²) >= 11 is 9.24. The first-order valence-corrected chi connectivity index (χ1v) is 15.1. The summed E-state index contributed by atoms with van der Waals surface area (Å²) in [6.45, 7) is 1.89. The van der Waals surface area contributed by atoms with Crippen LogP contribution in [0.25, 0.3) is 0 Å². The number of hydrogen-bond acceptors (Lipinski definition) is 11. The van der Waals surface area contributed by atoms with Crippen molar-refractivity contribution in [2.24, 2.45) is 10.7 Å². The molecule has 0 spiro atoms. The van der Waals surface area contributed by atoms with Crippen molar-refractivity contribution >= 4 is 81.6 Å². The van der Waals surface area contributed by atoms with Gasteiger partial charge in [0.15, 0.2) is 5.11 Å². The van der Waals surface area contributed by atoms with Crippen LogP contribution in [0.15, 0.2) is 41.4 Å². The number of amides is 4. The van der Waals surface area contributed by atoms with E-state index in [4.69, 9.17) is 37.6 Å². The molecule has 8 N–H and O–H groups in total. The highest BCUT2D eigenvalue weighted by molar-refractivity contribution is 7.80. The number of rotatable bonds is 7. The zero-order valence-corrected chi connectivity index (χ0v) is 26.8. The van der Waals surface area contributed by atoms with E-state index < -0.39 is 24.9 Å². The number of isothiocyanates is 1. The van der Waals surface area contributed by atoms with Gasteiger partial charge in [0.25, 0.3) is 5.91 Å². The third-order valence-corrected chi connectivity index (χ3v) is 8.09. The number of aliphatic hydroxyl groups is 1. The third-order valence-electron chi connectivity index (χ3n) is 7.82. The van der Waals surface area contributed by atoms with Gasteiger partial charge in [-0.15, -0.1) is 0 Å². The Hall–Kier alpha value is -4.87. The molecule has 0 saturated carbocycles. The summed E-state index contributed by atoms with van der Waals surface area (Å²) in [6, 6.07) is 10.7. The maximum atomic E-state index is 12.1. The standard InChI is InChI=1S/C15H18N4O4S.C14H13N3O4S.CH4.H3N/c16-14(24)17-6-11-7-19(15(22)23-11)10-1-2-12-9(5-10)3-4-18(12)13(21)8-20;18-13(19)16-4-3-9-5-10(1-2-12(9)16)17-7-11(6-15-8-22)21-14(17)20;;/h1-2,5,11,20H,3-4,6-8H2,(H3,16,17,24);1-2,5,11H,3-4,6-7H2,(H,18,19);1H4;1H3/t2*11-;;/m00../s1. The second kappa shape index (κ2) is 16.3. The van der Waals surface area contributed by atoms with Crippen molar-refractivity contribution in [2.75, 3.05) is 65.5 Å². The van der Waals surface area contributed by atoms with Gasteiger partial charge in [0.2, 0.25) is 0 Å². The highest BCUT2D eigenvalue weighted by Gasteiger charge is 2.35. The number of carbonyl (C=O) groups is 4. The molecule has 18 heteroatoms. The summed E-state index contributed by atoms with van der Waals surface area (Å²) in [7, 11) is 0. The maximum Gasteiger partial charge on any atom is 0.414 e. The predicted octanol–water partition coefficient (Wildman–Crippen LogP) is 2.68. The molecule has 2 aromatic rings. The first-order chi connectivity index (χ1) is 22.1. The summed E-state index contributed by atoms with van der Waals surface area (Å²) in [4.78, 5) is 56.5. The number of ether oxygens (including phenoxy) is 2. The van der Waals surface area contributed by atoms with Gasteiger partial charge in [0, 0.05) is 30.2 Å². The summed E-state index contributed by atoms with van der Waals surface area (Å²) < 4.78 is 10.5. The normalized spacial score (nSPS) is 18.6. The Balaban J connectivity index is 0.000000251. The average Bonchev–Trinajstić information content (AvgIpc) is 3.82. The van der Waals surface area contributed by atoms with Gasteiger partial charge in [-0.2, -0.15) is 0 Å². The van der Waals surface area contributed by atoms with Crippen LogP contribution in [0.3, 0.4) is 0 Å². The Kier molecular flexibility index (Phi) is 12.8. The van der Waals surface area contributed by atoms with Gasteiger partial charge in [-0.3, -0.25) is 19.5 Å². The Morgan fingerprint density at radius 2 is 1.48 bits per heavy atom. The molecule has 0 aliphatic carbocycles. The molecule has 4 aliphatic heterocycles. The molecule has 2 aromatic carbocycles. The molecule has 48 heavy (non-hydrogen) atoms. The van der Waals surface area contributed by atoms with Crippen LogP contribution in [-0.4, -0.2) is 103 Å². The van der Waals surface area contributed by atoms with Crippen LogP contribution in [0.2, 0.25) is 0 Å². The number of fused-ring (bicyclic) bond motifs is 2. The molecule has 0 unspecified atom stereocenters. The number of nitrogens with one attached hydrogen (secondary N) is 1. The maximum absolute atomic E-state index is 12.1. The van der Waals surface area contributed by atoms with Gasteiger partial charge in [-0.05, 0) is 84.8 Å². The van der Waals surface area contributed by atoms with Crippen LogP contribution in [-0.2, 0) is 27.1 Å². The highest BCUT2D eigenvalue weighted by Crippen LogP contribution is 2.34. The smallest absolute Gasteiger partial charge is 0.414 e. The number of carbonyl (C=O) groups excluding carboxylic acids is 3. The minimum Gasteiger partial charge on any atom is -0.465 e. The fraction of sp³-hybridized carbons (Fsp3) is 0.400. The van der Waals surface area contributed by atoms with Gasteiger partial charge in [0.1, 0.15) is 18.8 Å². The van der Waals surface area contributed by atoms with E-state index in [0.717, 1.165) is 22.5 Å². The van der Waals surface area contributed by atoms with Gasteiger partial charge in [0.05, 0.1) is 37.0 Å². The number of carboxylic acid groups (broad SMARTS) is 1. The van der Waals surface area contributed by atoms with E-state index in [1.165, 1.54) is 9.80 Å². The van der Waals surface area contributed by atoms with Gasteiger partial charge >= 0.3 is 18.3 Å². The lowest BCUT2D eigenvalue weighted by Crippen LogP contribution is -2.37. The number of nitrogens with two attached hydrogens (primary N) is 1. The van der Waals surface area contributed by atoms with Crippen LogP contribution in [0.5, 0.6) is 0 Å². The third kappa shape index (κ3) is 8.15. The Morgan fingerprint density at radius 1 is 0.958 bits per heavy atom. The van der Waals surface area contributed by atoms with Crippen molar-refractivity contribution in [3.05, 3.63) is 47.5 Å². The summed E-state index contributed by atoms with van der Waals surface area (Å²) in [5, 5.41) is 23.3. The Morgan fingerprint density at radius 3 is 2.00 bits per heavy atom. The molecule has 0 bridgehead atoms. The number of cyclic esters (lactones) is 2. The first-order valence-electron chi connectivity index (χ1n) is 14.3. The highest BCUT2D eigenvalue weighted by atomic mass is 32.1. The Labute approximate surface area is 287 Å². The van der Waals surface area contributed by atoms with Crippen molar-refractivity contribution in [3.63, 3.8) is 0 Å². The first kappa shape index (κ1) is 37.6. The average molecular weight is 703 g/mol. The molecule has 2 atom stereocenters. The van der Waals surface area contributed by atoms with Crippen molar-refractivity contribution < 1.29 is 38.9 Å². The van der Waals surface area contributed by atoms with Crippen molar-refractivity contribution in [2.45, 2.75) is 32.5 Å². The molecule has 2 saturated heterocycles. The number of anilines is 4. The molecular formula is C30H38N8O8S2. The Bertz CT molecular complexity index is 1620. The molecule has 2 fully saturated rings. The number of nitrogens with zero attached hydrogens (tertiary/aromatic N) is 5. The van der Waals surface area contributed by atoms with Crippen LogP contribution < -0.4 is 36.8 Å². The molecule has 0 aromatic heterocycles. The zero-order valence-electron chi connectivity index (χ0n) is 25.2. The molecule has 6 rings (SSSR count). The van der Waals surface area contributed by atoms with Crippen LogP contribution in [0.1, 0.15) is 18.6 Å². The minimum atomic E-state index is -0.967. The van der Waals surface area contributed by atoms with E-state index in [1.807, 2.05) is 12.1 Å². The van der Waals surface area contributed by atoms with Crippen LogP contribution in [0.4, 0.5) is 37.1 Å². The lowest BCUT2D eigenvalue weighted by molar-refractivity contribution is -0.121. The van der Waals surface area contributed by atoms with Crippen LogP contribution in [0, 0.1) is 0 Å². The van der Waals surface area contributed by atoms with Crippen molar-refractivity contribution in [1.82, 2.24) is 11.5 Å². The number of aliphatic imine (C=N–C) groups is 1. The van der Waals surface area contributed by atoms with E-state index in [-0.39, 0.29) is 36.8 Å². The fourth-order valence-corrected chi connectivity index (χ4v) is 5.83. The summed E-state index contributed by atoms with van der Waals surface area (Å²) in [6.07, 6.45) is -1.18. The van der Waals surface area contributed by atoms with E-state index >= 15 is 0 Å². The van der Waals surface area contributed by atoms with Gasteiger partial charge in [-0.1, -0.05) is 7.43 Å². The lowest BCUT2D eigenvalue weighted by atomic mass is 10.1. The van der Waals surface area contributed by atoms with Crippen LogP contribution >= 0.6 is 24.4 Å². The molecule has 4 aliphatic rings. The number of aliphatic hydroxyl groups excluding tert-OH is 1. The SMILES string of the molecule is C.N.NC(=S)NC[C@H]1CN(c2ccc3c(c2)CCN3C(=O)CO)C(=O)O1.O=C1O[C@@H](CN=C=S)CN1c1ccc2c(c1)CCN2C(=O)O. The quantitative estimate of drug-likeness (QED) is 0.207. The van der Waals surface area contributed by atoms with Gasteiger partial charge in [-0.25, -0.2) is 19.4 Å². The summed E-state index contributed by atoms with van der Waals surface area (Å²) in [5.74, 6) is -0.328. The van der Waals surface area contributed by atoms with Gasteiger partial charge < -0.3 is 41.8 Å². The topological polar surface area (TPSA) is 226 Å². The molecule has 4 heterocycles. The second-order valence-corrected chi connectivity index (χ2v) is 11.3. The van der Waals surface area contributed by atoms with E-state index in [2.05, 4.69) is 27.7 Å². The second-order valence-electron chi connectivity index (χ2n) is 10.7. The molecule has 0 radical (unpaired) electrons. The van der Waals surface area contributed by atoms with Crippen molar-refractivity contribution in [1.29, 1.82) is 0 Å². The number of thiocarbonyl (C=S) groups is 2. The van der Waals surface area contributed by atoms with E-state index in [0.29, 0.717) is 63.5 Å². The predicted molar refractivity (Wildman–Crippen MR) is 187 cm³/mol. The molecule has 258 valence electrons. The monoisotopic (exact) mass is 702 g/mol. The number of benzene rings is 2.